The monoisotopic (exact) mass is 276 g/mol. The second kappa shape index (κ2) is 4.31. The van der Waals surface area contributed by atoms with Crippen LogP contribution in [0.25, 0.3) is 16.2 Å². The Balaban J connectivity index is 2.12. The lowest BCUT2D eigenvalue weighted by atomic mass is 10.3. The Morgan fingerprint density at radius 1 is 1.32 bits per heavy atom. The van der Waals surface area contributed by atoms with Crippen molar-refractivity contribution in [2.45, 2.75) is 6.92 Å². The molecule has 0 radical (unpaired) electrons. The van der Waals surface area contributed by atoms with E-state index in [1.165, 1.54) is 10.6 Å². The molecular formula is C13H13FN4S. The molecule has 3 aromatic rings. The summed E-state index contributed by atoms with van der Waals surface area (Å²) in [6, 6.07) is 5.46. The molecule has 0 saturated carbocycles. The predicted octanol–water partition coefficient (Wildman–Crippen LogP) is 2.97. The molecule has 0 spiro atoms. The fourth-order valence-corrected chi connectivity index (χ4v) is 2.80. The number of fused-ring (bicyclic) bond motifs is 1. The lowest BCUT2D eigenvalue weighted by molar-refractivity contribution is 0.553. The van der Waals surface area contributed by atoms with E-state index < -0.39 is 5.95 Å². The van der Waals surface area contributed by atoms with Gasteiger partial charge in [-0.15, -0.1) is 16.4 Å². The van der Waals surface area contributed by atoms with Crippen molar-refractivity contribution in [3.8, 4) is 10.6 Å². The third kappa shape index (κ3) is 2.08. The summed E-state index contributed by atoms with van der Waals surface area (Å²) in [5.41, 5.74) is 2.29. The fraction of sp³-hybridized carbons (Fsp3) is 0.231. The molecule has 3 aromatic heterocycles. The lowest BCUT2D eigenvalue weighted by Gasteiger charge is -2.06. The van der Waals surface area contributed by atoms with Gasteiger partial charge in [-0.3, -0.25) is 0 Å². The molecule has 4 nitrogen and oxygen atoms in total. The van der Waals surface area contributed by atoms with Crippen LogP contribution in [-0.2, 0) is 0 Å². The highest BCUT2D eigenvalue weighted by Crippen LogP contribution is 2.32. The Labute approximate surface area is 114 Å². The van der Waals surface area contributed by atoms with E-state index in [0.29, 0.717) is 5.65 Å². The molecule has 98 valence electrons. The minimum absolute atomic E-state index is 0.492. The van der Waals surface area contributed by atoms with Crippen molar-refractivity contribution < 1.29 is 4.39 Å². The minimum atomic E-state index is -0.492. The number of hydrogen-bond acceptors (Lipinski definition) is 4. The van der Waals surface area contributed by atoms with Crippen LogP contribution in [0.1, 0.15) is 5.56 Å². The predicted molar refractivity (Wildman–Crippen MR) is 75.3 cm³/mol. The third-order valence-corrected chi connectivity index (χ3v) is 4.14. The molecule has 19 heavy (non-hydrogen) atoms. The second-order valence-electron chi connectivity index (χ2n) is 4.58. The molecule has 3 heterocycles. The van der Waals surface area contributed by atoms with Gasteiger partial charge in [-0.1, -0.05) is 0 Å². The Kier molecular flexibility index (Phi) is 2.74. The zero-order valence-corrected chi connectivity index (χ0v) is 11.7. The first kappa shape index (κ1) is 12.1. The first-order valence-corrected chi connectivity index (χ1v) is 6.66. The summed E-state index contributed by atoms with van der Waals surface area (Å²) >= 11 is 1.65. The molecule has 0 atom stereocenters. The molecule has 0 fully saturated rings. The van der Waals surface area contributed by atoms with Crippen molar-refractivity contribution in [3.05, 3.63) is 35.9 Å². The number of halogens is 1. The molecule has 0 N–H and O–H groups in total. The number of hydrogen-bond donors (Lipinski definition) is 0. The summed E-state index contributed by atoms with van der Waals surface area (Å²) < 4.78 is 14.8. The van der Waals surface area contributed by atoms with Gasteiger partial charge in [0.05, 0.1) is 16.1 Å². The van der Waals surface area contributed by atoms with E-state index in [-0.39, 0.29) is 0 Å². The topological polar surface area (TPSA) is 33.4 Å². The standard InChI is InChI=1S/C13H13FN4S/c1-8-6-11(14)16-18-7-9(15-13(8)18)10-4-5-12(19-10)17(2)3/h4-7H,1-3H3. The zero-order valence-electron chi connectivity index (χ0n) is 10.9. The van der Waals surface area contributed by atoms with Crippen LogP contribution in [0.4, 0.5) is 9.39 Å². The number of rotatable bonds is 2. The smallest absolute Gasteiger partial charge is 0.232 e. The molecule has 0 aliphatic rings. The Morgan fingerprint density at radius 3 is 2.79 bits per heavy atom. The van der Waals surface area contributed by atoms with Crippen LogP contribution in [0, 0.1) is 12.9 Å². The van der Waals surface area contributed by atoms with Gasteiger partial charge in [-0.2, -0.15) is 4.39 Å². The summed E-state index contributed by atoms with van der Waals surface area (Å²) in [7, 11) is 4.00. The van der Waals surface area contributed by atoms with E-state index in [9.17, 15) is 4.39 Å². The van der Waals surface area contributed by atoms with Crippen LogP contribution in [0.2, 0.25) is 0 Å². The van der Waals surface area contributed by atoms with Gasteiger partial charge in [0.15, 0.2) is 5.65 Å². The van der Waals surface area contributed by atoms with E-state index in [2.05, 4.69) is 10.1 Å². The van der Waals surface area contributed by atoms with Crippen molar-refractivity contribution in [2.24, 2.45) is 0 Å². The molecule has 6 heteroatoms. The van der Waals surface area contributed by atoms with E-state index in [1.54, 1.807) is 17.5 Å². The summed E-state index contributed by atoms with van der Waals surface area (Å²) in [5, 5.41) is 4.96. The molecule has 0 aromatic carbocycles. The highest BCUT2D eigenvalue weighted by Gasteiger charge is 2.11. The van der Waals surface area contributed by atoms with Crippen LogP contribution in [0.5, 0.6) is 0 Å². The van der Waals surface area contributed by atoms with Gasteiger partial charge in [-0.05, 0) is 24.6 Å². The second-order valence-corrected chi connectivity index (χ2v) is 5.64. The van der Waals surface area contributed by atoms with Crippen LogP contribution in [0.15, 0.2) is 24.4 Å². The fourth-order valence-electron chi connectivity index (χ4n) is 1.92. The van der Waals surface area contributed by atoms with Crippen LogP contribution < -0.4 is 4.90 Å². The van der Waals surface area contributed by atoms with Gasteiger partial charge in [0.2, 0.25) is 5.95 Å². The molecule has 0 saturated heterocycles. The Hall–Kier alpha value is -1.95. The summed E-state index contributed by atoms with van der Waals surface area (Å²) in [5.74, 6) is -0.492. The molecule has 0 unspecified atom stereocenters. The van der Waals surface area contributed by atoms with Gasteiger partial charge in [0, 0.05) is 20.2 Å². The van der Waals surface area contributed by atoms with Gasteiger partial charge >= 0.3 is 0 Å². The van der Waals surface area contributed by atoms with Crippen molar-refractivity contribution >= 4 is 22.0 Å². The quantitative estimate of drug-likeness (QED) is 0.721. The van der Waals surface area contributed by atoms with Crippen LogP contribution in [0.3, 0.4) is 0 Å². The van der Waals surface area contributed by atoms with E-state index >= 15 is 0 Å². The van der Waals surface area contributed by atoms with Crippen molar-refractivity contribution in [2.75, 3.05) is 19.0 Å². The number of nitrogens with zero attached hydrogens (tertiary/aromatic N) is 4. The number of imidazole rings is 1. The summed E-state index contributed by atoms with van der Waals surface area (Å²) in [6.07, 6.45) is 1.76. The maximum absolute atomic E-state index is 13.3. The molecule has 0 bridgehead atoms. The molecule has 0 aliphatic heterocycles. The van der Waals surface area contributed by atoms with Crippen molar-refractivity contribution in [3.63, 3.8) is 0 Å². The van der Waals surface area contributed by atoms with E-state index in [4.69, 9.17) is 0 Å². The molecule has 3 rings (SSSR count). The normalized spacial score (nSPS) is 11.2. The number of aryl methyl sites for hydroxylation is 1. The van der Waals surface area contributed by atoms with Crippen LogP contribution >= 0.6 is 11.3 Å². The van der Waals surface area contributed by atoms with E-state index in [0.717, 1.165) is 21.1 Å². The molecular weight excluding hydrogens is 263 g/mol. The third-order valence-electron chi connectivity index (χ3n) is 2.86. The first-order chi connectivity index (χ1) is 9.04. The minimum Gasteiger partial charge on any atom is -0.370 e. The first-order valence-electron chi connectivity index (χ1n) is 5.84. The van der Waals surface area contributed by atoms with Gasteiger partial charge < -0.3 is 4.90 Å². The number of thiophene rings is 1. The number of anilines is 1. The summed E-state index contributed by atoms with van der Waals surface area (Å²) in [6.45, 7) is 1.83. The van der Waals surface area contributed by atoms with Crippen molar-refractivity contribution in [1.82, 2.24) is 14.6 Å². The van der Waals surface area contributed by atoms with Gasteiger partial charge in [0.1, 0.15) is 5.69 Å². The molecule has 0 amide bonds. The van der Waals surface area contributed by atoms with Crippen molar-refractivity contribution in [1.29, 1.82) is 0 Å². The maximum atomic E-state index is 13.3. The summed E-state index contributed by atoms with van der Waals surface area (Å²) in [4.78, 5) is 7.62. The maximum Gasteiger partial charge on any atom is 0.232 e. The lowest BCUT2D eigenvalue weighted by Crippen LogP contribution is -2.05. The Bertz CT molecular complexity index is 744. The average molecular weight is 276 g/mol. The highest BCUT2D eigenvalue weighted by molar-refractivity contribution is 7.19. The zero-order chi connectivity index (χ0) is 13.6. The Morgan fingerprint density at radius 2 is 2.11 bits per heavy atom. The van der Waals surface area contributed by atoms with Crippen LogP contribution in [-0.4, -0.2) is 28.7 Å². The SMILES string of the molecule is Cc1cc(F)nn2cc(-c3ccc(N(C)C)s3)nc12. The van der Waals surface area contributed by atoms with E-state index in [1.807, 2.05) is 38.1 Å². The average Bonchev–Trinajstić information content (AvgIpc) is 2.92. The van der Waals surface area contributed by atoms with Gasteiger partial charge in [0.25, 0.3) is 0 Å². The largest absolute Gasteiger partial charge is 0.370 e. The molecule has 0 aliphatic carbocycles. The highest BCUT2D eigenvalue weighted by atomic mass is 32.1. The number of aromatic nitrogens is 3. The van der Waals surface area contributed by atoms with Gasteiger partial charge in [-0.25, -0.2) is 9.50 Å².